The van der Waals surface area contributed by atoms with Gasteiger partial charge >= 0.3 is 5.69 Å². The standard InChI is InChI=1S/C20H23N3O2S/c1-5-8-14-11-21-18-16(19(24)23(4)20(25)22(18)3)17(14)26-12-15-10-7-6-9-13(15)2/h6-7,9-11H,5,8,12H2,1-4H3. The Bertz CT molecular complexity index is 1080. The molecule has 26 heavy (non-hydrogen) atoms. The molecule has 0 radical (unpaired) electrons. The largest absolute Gasteiger partial charge is 0.332 e. The van der Waals surface area contributed by atoms with Crippen LogP contribution in [0.25, 0.3) is 11.0 Å². The van der Waals surface area contributed by atoms with Crippen molar-refractivity contribution in [2.24, 2.45) is 14.1 Å². The van der Waals surface area contributed by atoms with E-state index in [9.17, 15) is 9.59 Å². The van der Waals surface area contributed by atoms with Crippen molar-refractivity contribution in [2.75, 3.05) is 0 Å². The van der Waals surface area contributed by atoms with E-state index < -0.39 is 0 Å². The monoisotopic (exact) mass is 369 g/mol. The quantitative estimate of drug-likeness (QED) is 0.648. The highest BCUT2D eigenvalue weighted by Gasteiger charge is 2.17. The zero-order valence-corrected chi connectivity index (χ0v) is 16.4. The Kier molecular flexibility index (Phi) is 5.32. The molecule has 0 spiro atoms. The minimum atomic E-state index is -0.354. The average molecular weight is 369 g/mol. The first-order valence-corrected chi connectivity index (χ1v) is 9.69. The van der Waals surface area contributed by atoms with E-state index >= 15 is 0 Å². The fourth-order valence-corrected chi connectivity index (χ4v) is 4.36. The Hall–Kier alpha value is -2.34. The predicted molar refractivity (Wildman–Crippen MR) is 107 cm³/mol. The van der Waals surface area contributed by atoms with Crippen molar-refractivity contribution >= 4 is 22.8 Å². The average Bonchev–Trinajstić information content (AvgIpc) is 2.64. The van der Waals surface area contributed by atoms with Gasteiger partial charge in [-0.3, -0.25) is 13.9 Å². The first kappa shape index (κ1) is 18.5. The van der Waals surface area contributed by atoms with E-state index in [1.165, 1.54) is 22.7 Å². The minimum Gasteiger partial charge on any atom is -0.280 e. The predicted octanol–water partition coefficient (Wildman–Crippen LogP) is 3.19. The van der Waals surface area contributed by atoms with E-state index in [0.717, 1.165) is 33.6 Å². The fourth-order valence-electron chi connectivity index (χ4n) is 3.08. The van der Waals surface area contributed by atoms with E-state index in [1.54, 1.807) is 18.8 Å². The second-order valence-electron chi connectivity index (χ2n) is 6.48. The van der Waals surface area contributed by atoms with Gasteiger partial charge in [-0.05, 0) is 30.0 Å². The minimum absolute atomic E-state index is 0.277. The van der Waals surface area contributed by atoms with Gasteiger partial charge < -0.3 is 0 Å². The molecule has 0 saturated carbocycles. The summed E-state index contributed by atoms with van der Waals surface area (Å²) < 4.78 is 2.61. The van der Waals surface area contributed by atoms with Crippen molar-refractivity contribution < 1.29 is 0 Å². The summed E-state index contributed by atoms with van der Waals surface area (Å²) in [6.07, 6.45) is 3.63. The van der Waals surface area contributed by atoms with E-state index in [-0.39, 0.29) is 11.2 Å². The zero-order chi connectivity index (χ0) is 18.8. The summed E-state index contributed by atoms with van der Waals surface area (Å²) in [6, 6.07) is 8.26. The molecule has 3 rings (SSSR count). The van der Waals surface area contributed by atoms with E-state index in [2.05, 4.69) is 31.0 Å². The van der Waals surface area contributed by atoms with Crippen LogP contribution in [0.4, 0.5) is 0 Å². The summed E-state index contributed by atoms with van der Waals surface area (Å²) in [4.78, 5) is 30.5. The van der Waals surface area contributed by atoms with Crippen LogP contribution in [-0.2, 0) is 26.3 Å². The molecule has 0 unspecified atom stereocenters. The lowest BCUT2D eigenvalue weighted by atomic mass is 10.1. The van der Waals surface area contributed by atoms with Crippen LogP contribution in [0.2, 0.25) is 0 Å². The lowest BCUT2D eigenvalue weighted by molar-refractivity contribution is 0.704. The smallest absolute Gasteiger partial charge is 0.280 e. The summed E-state index contributed by atoms with van der Waals surface area (Å²) in [7, 11) is 3.18. The lowest BCUT2D eigenvalue weighted by Crippen LogP contribution is -2.37. The van der Waals surface area contributed by atoms with E-state index in [0.29, 0.717) is 11.0 Å². The third-order valence-electron chi connectivity index (χ3n) is 4.65. The third-order valence-corrected chi connectivity index (χ3v) is 5.86. The normalized spacial score (nSPS) is 11.2. The second-order valence-corrected chi connectivity index (χ2v) is 7.47. The number of benzene rings is 1. The van der Waals surface area contributed by atoms with Gasteiger partial charge in [0.1, 0.15) is 5.65 Å². The molecule has 136 valence electrons. The van der Waals surface area contributed by atoms with Crippen LogP contribution in [0.5, 0.6) is 0 Å². The molecule has 2 aromatic heterocycles. The van der Waals surface area contributed by atoms with Gasteiger partial charge in [0.05, 0.1) is 5.39 Å². The summed E-state index contributed by atoms with van der Waals surface area (Å²) in [5.74, 6) is 0.772. The Morgan fingerprint density at radius 2 is 1.81 bits per heavy atom. The van der Waals surface area contributed by atoms with Gasteiger partial charge in [0.15, 0.2) is 0 Å². The van der Waals surface area contributed by atoms with Gasteiger partial charge in [-0.1, -0.05) is 37.6 Å². The molecule has 0 fully saturated rings. The molecule has 0 atom stereocenters. The van der Waals surface area contributed by atoms with E-state index in [4.69, 9.17) is 0 Å². The molecule has 6 heteroatoms. The maximum absolute atomic E-state index is 12.9. The molecule has 3 aromatic rings. The molecular weight excluding hydrogens is 346 g/mol. The van der Waals surface area contributed by atoms with Crippen molar-refractivity contribution in [1.82, 2.24) is 14.1 Å². The number of aromatic nitrogens is 3. The lowest BCUT2D eigenvalue weighted by Gasteiger charge is -2.14. The second kappa shape index (κ2) is 7.50. The van der Waals surface area contributed by atoms with Gasteiger partial charge in [0.2, 0.25) is 0 Å². The van der Waals surface area contributed by atoms with Crippen molar-refractivity contribution in [3.8, 4) is 0 Å². The summed E-state index contributed by atoms with van der Waals surface area (Å²) in [6.45, 7) is 4.20. The maximum Gasteiger partial charge on any atom is 0.332 e. The molecule has 0 aliphatic carbocycles. The van der Waals surface area contributed by atoms with Gasteiger partial charge in [-0.15, -0.1) is 11.8 Å². The Labute approximate surface area is 156 Å². The molecule has 0 aliphatic heterocycles. The molecule has 1 aromatic carbocycles. The van der Waals surface area contributed by atoms with Gasteiger partial charge in [0, 0.05) is 30.9 Å². The highest BCUT2D eigenvalue weighted by atomic mass is 32.2. The van der Waals surface area contributed by atoms with Gasteiger partial charge in [0.25, 0.3) is 5.56 Å². The molecule has 5 nitrogen and oxygen atoms in total. The Balaban J connectivity index is 2.20. The number of fused-ring (bicyclic) bond motifs is 1. The van der Waals surface area contributed by atoms with Crippen molar-refractivity contribution in [3.63, 3.8) is 0 Å². The summed E-state index contributed by atoms with van der Waals surface area (Å²) >= 11 is 1.65. The first-order valence-electron chi connectivity index (χ1n) is 8.70. The molecule has 2 heterocycles. The molecule has 0 bridgehead atoms. The number of aryl methyl sites for hydroxylation is 3. The van der Waals surface area contributed by atoms with Crippen LogP contribution < -0.4 is 11.2 Å². The Morgan fingerprint density at radius 1 is 1.08 bits per heavy atom. The van der Waals surface area contributed by atoms with Crippen LogP contribution in [0.3, 0.4) is 0 Å². The summed E-state index contributed by atoms with van der Waals surface area (Å²) in [5.41, 5.74) is 3.36. The van der Waals surface area contributed by atoms with Crippen molar-refractivity contribution in [2.45, 2.75) is 37.3 Å². The van der Waals surface area contributed by atoms with Crippen LogP contribution in [0.1, 0.15) is 30.0 Å². The van der Waals surface area contributed by atoms with Crippen molar-refractivity contribution in [1.29, 1.82) is 0 Å². The summed E-state index contributed by atoms with van der Waals surface area (Å²) in [5, 5.41) is 0.541. The Morgan fingerprint density at radius 3 is 2.50 bits per heavy atom. The number of nitrogens with zero attached hydrogens (tertiary/aromatic N) is 3. The highest BCUT2D eigenvalue weighted by molar-refractivity contribution is 7.98. The van der Waals surface area contributed by atoms with Crippen LogP contribution in [0.15, 0.2) is 44.9 Å². The first-order chi connectivity index (χ1) is 12.5. The molecule has 0 amide bonds. The maximum atomic E-state index is 12.9. The molecular formula is C20H23N3O2S. The number of thioether (sulfide) groups is 1. The SMILES string of the molecule is CCCc1cnc2c(c1SCc1ccccc1C)c(=O)n(C)c(=O)n2C. The van der Waals surface area contributed by atoms with Crippen LogP contribution in [-0.4, -0.2) is 14.1 Å². The molecule has 0 N–H and O–H groups in total. The highest BCUT2D eigenvalue weighted by Crippen LogP contribution is 2.32. The van der Waals surface area contributed by atoms with Crippen molar-refractivity contribution in [3.05, 3.63) is 68.0 Å². The number of hydrogen-bond acceptors (Lipinski definition) is 4. The van der Waals surface area contributed by atoms with Crippen LogP contribution in [0, 0.1) is 6.92 Å². The number of rotatable bonds is 5. The van der Waals surface area contributed by atoms with Gasteiger partial charge in [-0.25, -0.2) is 9.78 Å². The van der Waals surface area contributed by atoms with Gasteiger partial charge in [-0.2, -0.15) is 0 Å². The fraction of sp³-hybridized carbons (Fsp3) is 0.350. The number of hydrogen-bond donors (Lipinski definition) is 0. The van der Waals surface area contributed by atoms with E-state index in [1.807, 2.05) is 18.3 Å². The topological polar surface area (TPSA) is 56.9 Å². The molecule has 0 saturated heterocycles. The zero-order valence-electron chi connectivity index (χ0n) is 15.6. The van der Waals surface area contributed by atoms with Crippen LogP contribution >= 0.6 is 11.8 Å². The number of pyridine rings is 1. The molecule has 0 aliphatic rings. The third kappa shape index (κ3) is 3.21.